The molecule has 0 bridgehead atoms. The Hall–Kier alpha value is -2.95. The number of H-pyrrole nitrogens is 1. The molecule has 0 aliphatic heterocycles. The fourth-order valence-corrected chi connectivity index (χ4v) is 4.44. The van der Waals surface area contributed by atoms with Crippen molar-refractivity contribution in [2.24, 2.45) is 0 Å². The third-order valence-corrected chi connectivity index (χ3v) is 5.75. The van der Waals surface area contributed by atoms with Crippen molar-refractivity contribution in [2.45, 2.75) is 13.0 Å². The van der Waals surface area contributed by atoms with Gasteiger partial charge >= 0.3 is 0 Å². The molecular weight excluding hydrogens is 370 g/mol. The normalized spacial score (nSPS) is 11.8. The molecule has 0 saturated carbocycles. The number of benzene rings is 3. The van der Waals surface area contributed by atoms with Gasteiger partial charge in [-0.25, -0.2) is 0 Å². The Balaban J connectivity index is 1.95. The van der Waals surface area contributed by atoms with Crippen LogP contribution in [0.4, 0.5) is 5.69 Å². The van der Waals surface area contributed by atoms with Crippen LogP contribution in [0.5, 0.6) is 0 Å². The molecular formula is C23H20ClN3O. The molecule has 2 heterocycles. The van der Waals surface area contributed by atoms with E-state index in [0.717, 1.165) is 55.6 Å². The van der Waals surface area contributed by atoms with E-state index >= 15 is 0 Å². The fraction of sp³-hybridized carbons (Fsp3) is 0.130. The van der Waals surface area contributed by atoms with Crippen molar-refractivity contribution in [1.82, 2.24) is 9.55 Å². The lowest BCUT2D eigenvalue weighted by molar-refractivity contribution is 0.281. The first-order chi connectivity index (χ1) is 13.7. The van der Waals surface area contributed by atoms with Gasteiger partial charge in [0.05, 0.1) is 5.52 Å². The predicted octanol–water partition coefficient (Wildman–Crippen LogP) is 5.56. The molecule has 3 aromatic carbocycles. The average molecular weight is 390 g/mol. The van der Waals surface area contributed by atoms with Crippen LogP contribution in [-0.2, 0) is 6.54 Å². The molecule has 0 atom stereocenters. The molecule has 5 aromatic rings. The van der Waals surface area contributed by atoms with Gasteiger partial charge in [0.15, 0.2) is 0 Å². The summed E-state index contributed by atoms with van der Waals surface area (Å²) in [7, 11) is 0. The van der Waals surface area contributed by atoms with Crippen LogP contribution < -0.4 is 5.73 Å². The zero-order valence-corrected chi connectivity index (χ0v) is 16.0. The minimum absolute atomic E-state index is 0.153. The van der Waals surface area contributed by atoms with Gasteiger partial charge < -0.3 is 20.4 Å². The molecule has 0 amide bonds. The molecule has 0 aliphatic carbocycles. The van der Waals surface area contributed by atoms with E-state index in [4.69, 9.17) is 17.3 Å². The fourth-order valence-electron chi connectivity index (χ4n) is 4.21. The number of aryl methyl sites for hydroxylation is 1. The van der Waals surface area contributed by atoms with Crippen molar-refractivity contribution in [2.75, 3.05) is 12.3 Å². The summed E-state index contributed by atoms with van der Waals surface area (Å²) < 4.78 is 2.27. The van der Waals surface area contributed by atoms with E-state index in [1.807, 2.05) is 42.7 Å². The van der Waals surface area contributed by atoms with Gasteiger partial charge in [-0.3, -0.25) is 0 Å². The SMILES string of the molecule is Nc1ccc2c(c1)c1c3c[nH]cc3c(-c3ccccc3Cl)cc1n2CCCO. The number of hydrogen-bond acceptors (Lipinski definition) is 2. The number of aromatic nitrogens is 2. The number of halogens is 1. The first-order valence-electron chi connectivity index (χ1n) is 9.35. The lowest BCUT2D eigenvalue weighted by Gasteiger charge is -2.10. The van der Waals surface area contributed by atoms with Crippen molar-refractivity contribution in [3.63, 3.8) is 0 Å². The maximum Gasteiger partial charge on any atom is 0.0504 e. The minimum atomic E-state index is 0.153. The Morgan fingerprint density at radius 1 is 0.929 bits per heavy atom. The number of fused-ring (bicyclic) bond motifs is 5. The average Bonchev–Trinajstić information content (AvgIpc) is 3.28. The number of nitrogen functional groups attached to an aromatic ring is 1. The maximum atomic E-state index is 9.41. The van der Waals surface area contributed by atoms with E-state index < -0.39 is 0 Å². The van der Waals surface area contributed by atoms with Crippen molar-refractivity contribution >= 4 is 49.9 Å². The van der Waals surface area contributed by atoms with Gasteiger partial charge in [0.1, 0.15) is 0 Å². The molecule has 28 heavy (non-hydrogen) atoms. The van der Waals surface area contributed by atoms with Crippen LogP contribution in [0.15, 0.2) is 60.9 Å². The summed E-state index contributed by atoms with van der Waals surface area (Å²) in [5.74, 6) is 0. The Bertz CT molecular complexity index is 1330. The monoisotopic (exact) mass is 389 g/mol. The summed E-state index contributed by atoms with van der Waals surface area (Å²) in [4.78, 5) is 3.27. The molecule has 5 heteroatoms. The third-order valence-electron chi connectivity index (χ3n) is 5.42. The second kappa shape index (κ2) is 6.59. The largest absolute Gasteiger partial charge is 0.399 e. The molecule has 4 N–H and O–H groups in total. The van der Waals surface area contributed by atoms with Crippen LogP contribution in [-0.4, -0.2) is 21.3 Å². The molecule has 0 unspecified atom stereocenters. The van der Waals surface area contributed by atoms with Gasteiger partial charge in [-0.1, -0.05) is 29.8 Å². The van der Waals surface area contributed by atoms with Crippen molar-refractivity contribution in [3.05, 3.63) is 65.9 Å². The Morgan fingerprint density at radius 3 is 2.57 bits per heavy atom. The van der Waals surface area contributed by atoms with E-state index in [-0.39, 0.29) is 6.61 Å². The molecule has 4 nitrogen and oxygen atoms in total. The van der Waals surface area contributed by atoms with Gasteiger partial charge in [0, 0.05) is 68.9 Å². The molecule has 140 valence electrons. The zero-order chi connectivity index (χ0) is 19.3. The van der Waals surface area contributed by atoms with Gasteiger partial charge in [0.2, 0.25) is 0 Å². The molecule has 0 fully saturated rings. The molecule has 0 saturated heterocycles. The Kier molecular flexibility index (Phi) is 4.04. The van der Waals surface area contributed by atoms with Gasteiger partial charge in [-0.2, -0.15) is 0 Å². The Labute approximate surface area is 167 Å². The standard InChI is InChI=1S/C23H20ClN3O/c24-20-5-2-1-4-15(20)16-11-22-23(19-13-26-12-18(16)19)17-10-14(25)6-7-21(17)27(22)8-3-9-28/h1-2,4-7,10-13,26,28H,3,8-9,25H2. The second-order valence-corrected chi connectivity index (χ2v) is 7.49. The summed E-state index contributed by atoms with van der Waals surface area (Å²) in [5, 5.41) is 14.7. The summed E-state index contributed by atoms with van der Waals surface area (Å²) in [6.45, 7) is 0.887. The first-order valence-corrected chi connectivity index (χ1v) is 9.73. The number of aromatic amines is 1. The number of anilines is 1. The topological polar surface area (TPSA) is 67.0 Å². The smallest absolute Gasteiger partial charge is 0.0504 e. The lowest BCUT2D eigenvalue weighted by Crippen LogP contribution is -2.00. The minimum Gasteiger partial charge on any atom is -0.399 e. The van der Waals surface area contributed by atoms with E-state index in [1.165, 1.54) is 5.39 Å². The number of rotatable bonds is 4. The molecule has 0 radical (unpaired) electrons. The van der Waals surface area contributed by atoms with Gasteiger partial charge in [-0.15, -0.1) is 0 Å². The predicted molar refractivity (Wildman–Crippen MR) is 118 cm³/mol. The number of nitrogens with two attached hydrogens (primary N) is 1. The highest BCUT2D eigenvalue weighted by molar-refractivity contribution is 6.34. The molecule has 2 aromatic heterocycles. The van der Waals surface area contributed by atoms with Crippen molar-refractivity contribution in [3.8, 4) is 11.1 Å². The van der Waals surface area contributed by atoms with Crippen LogP contribution in [0.25, 0.3) is 43.7 Å². The zero-order valence-electron chi connectivity index (χ0n) is 15.2. The van der Waals surface area contributed by atoms with Gasteiger partial charge in [0.25, 0.3) is 0 Å². The summed E-state index contributed by atoms with van der Waals surface area (Å²) >= 11 is 6.53. The lowest BCUT2D eigenvalue weighted by atomic mass is 9.97. The van der Waals surface area contributed by atoms with E-state index in [1.54, 1.807) is 0 Å². The number of hydrogen-bond donors (Lipinski definition) is 3. The van der Waals surface area contributed by atoms with E-state index in [0.29, 0.717) is 6.42 Å². The third kappa shape index (κ3) is 2.49. The summed E-state index contributed by atoms with van der Waals surface area (Å²) in [6, 6.07) is 16.2. The van der Waals surface area contributed by atoms with Crippen LogP contribution >= 0.6 is 11.6 Å². The van der Waals surface area contributed by atoms with E-state index in [2.05, 4.69) is 27.8 Å². The van der Waals surface area contributed by atoms with E-state index in [9.17, 15) is 5.11 Å². The van der Waals surface area contributed by atoms with Crippen LogP contribution in [0, 0.1) is 0 Å². The van der Waals surface area contributed by atoms with Crippen molar-refractivity contribution < 1.29 is 5.11 Å². The molecule has 0 spiro atoms. The molecule has 0 aliphatic rings. The Morgan fingerprint density at radius 2 is 1.75 bits per heavy atom. The number of aliphatic hydroxyl groups excluding tert-OH is 1. The summed E-state index contributed by atoms with van der Waals surface area (Å²) in [6.07, 6.45) is 4.75. The number of aliphatic hydroxyl groups is 1. The van der Waals surface area contributed by atoms with Crippen LogP contribution in [0.3, 0.4) is 0 Å². The highest BCUT2D eigenvalue weighted by Crippen LogP contribution is 2.42. The van der Waals surface area contributed by atoms with Crippen LogP contribution in [0.2, 0.25) is 5.02 Å². The van der Waals surface area contributed by atoms with Crippen LogP contribution in [0.1, 0.15) is 6.42 Å². The highest BCUT2D eigenvalue weighted by Gasteiger charge is 2.18. The number of nitrogens with zero attached hydrogens (tertiary/aromatic N) is 1. The first kappa shape index (κ1) is 17.2. The quantitative estimate of drug-likeness (QED) is 0.352. The van der Waals surface area contributed by atoms with Crippen molar-refractivity contribution in [1.29, 1.82) is 0 Å². The summed E-state index contributed by atoms with van der Waals surface area (Å²) in [5.41, 5.74) is 11.2. The number of nitrogens with one attached hydrogen (secondary N) is 1. The van der Waals surface area contributed by atoms with Gasteiger partial charge in [-0.05, 0) is 42.3 Å². The second-order valence-electron chi connectivity index (χ2n) is 7.09. The highest BCUT2D eigenvalue weighted by atomic mass is 35.5. The molecule has 5 rings (SSSR count). The maximum absolute atomic E-state index is 9.41.